The Hall–Kier alpha value is -2.30. The van der Waals surface area contributed by atoms with Crippen LogP contribution in [-0.2, 0) is 33.7 Å². The van der Waals surface area contributed by atoms with Crippen molar-refractivity contribution >= 4 is 20.0 Å². The average molecular weight is 597 g/mol. The Morgan fingerprint density at radius 1 is 1.07 bits per heavy atom. The van der Waals surface area contributed by atoms with E-state index in [9.17, 15) is 25.2 Å². The number of aliphatic hydroxyl groups excluding tert-OH is 5. The highest BCUT2D eigenvalue weighted by atomic mass is 28.4. The van der Waals surface area contributed by atoms with Crippen LogP contribution in [0, 0.1) is 5.92 Å². The highest BCUT2D eigenvalue weighted by molar-refractivity contribution is 6.72. The molecule has 228 valence electrons. The maximum Gasteiger partial charge on any atom is 0.256 e. The van der Waals surface area contributed by atoms with Gasteiger partial charge >= 0.3 is 0 Å². The fourth-order valence-electron chi connectivity index (χ4n) is 5.99. The van der Waals surface area contributed by atoms with Gasteiger partial charge in [-0.3, -0.25) is 9.48 Å². The van der Waals surface area contributed by atoms with E-state index in [4.69, 9.17) is 14.6 Å². The predicted octanol–water partition coefficient (Wildman–Crippen LogP) is 0.523. The van der Waals surface area contributed by atoms with E-state index in [1.165, 1.54) is 0 Å². The molecule has 2 aliphatic rings. The number of carbonyl (C=O) groups is 1. The average Bonchev–Trinajstić information content (AvgIpc) is 3.50. The Morgan fingerprint density at radius 3 is 2.54 bits per heavy atom. The van der Waals surface area contributed by atoms with Crippen LogP contribution in [0.1, 0.15) is 31.0 Å². The number of ether oxygens (including phenoxy) is 2. The molecule has 3 heterocycles. The Morgan fingerprint density at radius 2 is 1.83 bits per heavy atom. The first-order valence-electron chi connectivity index (χ1n) is 14.0. The minimum atomic E-state index is -3.04. The molecule has 1 aromatic heterocycles. The molecule has 4 rings (SSSR count). The molecule has 2 aliphatic heterocycles. The number of aromatic nitrogens is 3. The molecular formula is C27H41FN4O8Si. The number of rotatable bonds is 11. The normalized spacial score (nSPS) is 32.3. The maximum absolute atomic E-state index is 15.5. The first-order chi connectivity index (χ1) is 19.4. The molecule has 0 bridgehead atoms. The summed E-state index contributed by atoms with van der Waals surface area (Å²) in [7, 11) is -3.04. The summed E-state index contributed by atoms with van der Waals surface area (Å²) in [6.07, 6.45) is -4.85. The molecule has 1 aromatic carbocycles. The third-order valence-electron chi connectivity index (χ3n) is 8.05. The molecule has 1 amide bonds. The number of benzene rings is 1. The zero-order valence-corrected chi connectivity index (χ0v) is 24.5. The van der Waals surface area contributed by atoms with Crippen LogP contribution in [0.5, 0.6) is 0 Å². The third kappa shape index (κ3) is 7.56. The second-order valence-electron chi connectivity index (χ2n) is 11.5. The minimum absolute atomic E-state index is 0.0000460. The van der Waals surface area contributed by atoms with E-state index in [0.29, 0.717) is 43.6 Å². The van der Waals surface area contributed by atoms with Gasteiger partial charge in [0.2, 0.25) is 8.41 Å². The topological polar surface area (TPSA) is 179 Å². The summed E-state index contributed by atoms with van der Waals surface area (Å²) >= 11 is 0. The van der Waals surface area contributed by atoms with Crippen LogP contribution >= 0.6 is 0 Å². The van der Waals surface area contributed by atoms with Crippen molar-refractivity contribution in [1.29, 1.82) is 0 Å². The summed E-state index contributed by atoms with van der Waals surface area (Å²) in [5.41, 5.74) is 1.87. The van der Waals surface area contributed by atoms with Gasteiger partial charge in [-0.2, -0.15) is 0 Å². The molecule has 2 aromatic rings. The zero-order chi connectivity index (χ0) is 29.9. The standard InChI is InChI=1S/C27H41FN4O8Si/c1-15-19(39-20(25(15)41(2,3)28)9-11-32-14-18(10-12-33)30-31-32)8-7-16-5-4-6-17(13-16)29-26(37)24-22(35)21(34)23(36)27(38)40-24/h4-6,13-15,19-25,27,33-36,38H,7-12H2,1-3H3,(H,29,37)/t15-,19+,20-,21+,22+,23-,24+,25+,27-/m1/s1. The molecule has 12 nitrogen and oxygen atoms in total. The molecule has 0 saturated carbocycles. The van der Waals surface area contributed by atoms with Crippen molar-refractivity contribution in [2.45, 2.75) is 101 Å². The molecule has 9 atom stereocenters. The summed E-state index contributed by atoms with van der Waals surface area (Å²) in [5.74, 6) is -0.752. The van der Waals surface area contributed by atoms with Crippen LogP contribution in [-0.4, -0.2) is 104 Å². The van der Waals surface area contributed by atoms with Crippen molar-refractivity contribution in [3.63, 3.8) is 0 Å². The van der Waals surface area contributed by atoms with Crippen LogP contribution in [0.15, 0.2) is 30.5 Å². The van der Waals surface area contributed by atoms with Crippen LogP contribution < -0.4 is 5.32 Å². The van der Waals surface area contributed by atoms with E-state index in [-0.39, 0.29) is 30.3 Å². The Balaban J connectivity index is 1.35. The van der Waals surface area contributed by atoms with E-state index in [1.807, 2.05) is 13.0 Å². The van der Waals surface area contributed by atoms with Crippen molar-refractivity contribution in [1.82, 2.24) is 15.0 Å². The van der Waals surface area contributed by atoms with Gasteiger partial charge in [0.15, 0.2) is 12.4 Å². The number of nitrogens with zero attached hydrogens (tertiary/aromatic N) is 3. The monoisotopic (exact) mass is 596 g/mol. The number of aliphatic hydroxyl groups is 5. The fourth-order valence-corrected chi connectivity index (χ4v) is 8.58. The lowest BCUT2D eigenvalue weighted by molar-refractivity contribution is -0.274. The van der Waals surface area contributed by atoms with E-state index < -0.39 is 45.0 Å². The van der Waals surface area contributed by atoms with Gasteiger partial charge in [0.25, 0.3) is 5.91 Å². The van der Waals surface area contributed by atoms with Crippen molar-refractivity contribution in [3.05, 3.63) is 41.7 Å². The van der Waals surface area contributed by atoms with Crippen LogP contribution in [0.2, 0.25) is 18.6 Å². The summed E-state index contributed by atoms with van der Waals surface area (Å²) < 4.78 is 28.6. The first kappa shape index (κ1) is 31.6. The van der Waals surface area contributed by atoms with Crippen LogP contribution in [0.3, 0.4) is 0 Å². The van der Waals surface area contributed by atoms with Gasteiger partial charge in [0, 0.05) is 37.0 Å². The lowest BCUT2D eigenvalue weighted by Crippen LogP contribution is -2.60. The van der Waals surface area contributed by atoms with Crippen molar-refractivity contribution in [2.24, 2.45) is 5.92 Å². The summed E-state index contributed by atoms with van der Waals surface area (Å²) in [6.45, 7) is 6.03. The number of halogens is 1. The van der Waals surface area contributed by atoms with Crippen molar-refractivity contribution < 1.29 is 43.9 Å². The Bertz CT molecular complexity index is 1170. The van der Waals surface area contributed by atoms with Gasteiger partial charge < -0.3 is 44.4 Å². The predicted molar refractivity (Wildman–Crippen MR) is 148 cm³/mol. The summed E-state index contributed by atoms with van der Waals surface area (Å²) in [6, 6.07) is 7.10. The molecular weight excluding hydrogens is 555 g/mol. The smallest absolute Gasteiger partial charge is 0.256 e. The van der Waals surface area contributed by atoms with Gasteiger partial charge in [-0.1, -0.05) is 24.3 Å². The number of nitrogens with one attached hydrogen (secondary N) is 1. The van der Waals surface area contributed by atoms with E-state index >= 15 is 4.11 Å². The number of anilines is 1. The Kier molecular flexibility index (Phi) is 10.3. The highest BCUT2D eigenvalue weighted by Crippen LogP contribution is 2.47. The minimum Gasteiger partial charge on any atom is -0.396 e. The number of hydrogen-bond donors (Lipinski definition) is 6. The molecule has 2 fully saturated rings. The van der Waals surface area contributed by atoms with Crippen LogP contribution in [0.25, 0.3) is 0 Å². The van der Waals surface area contributed by atoms with Gasteiger partial charge in [-0.15, -0.1) is 5.10 Å². The number of carbonyl (C=O) groups excluding carboxylic acids is 1. The van der Waals surface area contributed by atoms with Gasteiger partial charge in [0.05, 0.1) is 17.9 Å². The summed E-state index contributed by atoms with van der Waals surface area (Å²) in [4.78, 5) is 12.7. The molecule has 41 heavy (non-hydrogen) atoms. The van der Waals surface area contributed by atoms with E-state index in [1.54, 1.807) is 42.2 Å². The molecule has 0 aliphatic carbocycles. The lowest BCUT2D eigenvalue weighted by atomic mass is 9.95. The highest BCUT2D eigenvalue weighted by Gasteiger charge is 2.51. The SMILES string of the molecule is C[C@H]1[C@H]([Si](C)(C)F)[C@@H](CCn2cc(CCO)nn2)O[C@H]1CCc1cccc(NC(=O)[C@H]2O[C@@H](O)[C@H](O)[C@@H](O)[C@@H]2O)c1. The number of hydrogen-bond acceptors (Lipinski definition) is 10. The molecule has 6 N–H and O–H groups in total. The molecule has 2 saturated heterocycles. The van der Waals surface area contributed by atoms with E-state index in [2.05, 4.69) is 15.6 Å². The van der Waals surface area contributed by atoms with Gasteiger partial charge in [0.1, 0.15) is 18.3 Å². The zero-order valence-electron chi connectivity index (χ0n) is 23.5. The summed E-state index contributed by atoms with van der Waals surface area (Å²) in [5, 5.41) is 59.2. The molecule has 0 radical (unpaired) electrons. The molecule has 0 spiro atoms. The number of amides is 1. The third-order valence-corrected chi connectivity index (χ3v) is 10.5. The maximum atomic E-state index is 15.5. The fraction of sp³-hybridized carbons (Fsp3) is 0.667. The van der Waals surface area contributed by atoms with E-state index in [0.717, 1.165) is 5.56 Å². The van der Waals surface area contributed by atoms with Crippen molar-refractivity contribution in [2.75, 3.05) is 11.9 Å². The van der Waals surface area contributed by atoms with Crippen molar-refractivity contribution in [3.8, 4) is 0 Å². The lowest BCUT2D eigenvalue weighted by Gasteiger charge is -2.37. The quantitative estimate of drug-likeness (QED) is 0.158. The molecule has 0 unspecified atom stereocenters. The second-order valence-corrected chi connectivity index (χ2v) is 15.3. The Labute approximate surface area is 239 Å². The molecule has 14 heteroatoms. The van der Waals surface area contributed by atoms with Crippen LogP contribution in [0.4, 0.5) is 9.80 Å². The second kappa shape index (κ2) is 13.3. The number of aryl methyl sites for hydroxylation is 2. The van der Waals surface area contributed by atoms with Gasteiger partial charge in [-0.05, 0) is 56.0 Å². The van der Waals surface area contributed by atoms with Gasteiger partial charge in [-0.25, -0.2) is 0 Å². The first-order valence-corrected chi connectivity index (χ1v) is 17.0. The largest absolute Gasteiger partial charge is 0.396 e.